The number of aromatic amines is 1. The maximum Gasteiger partial charge on any atom is 0.163 e. The molecule has 75 heavy (non-hydrogen) atoms. The van der Waals surface area contributed by atoms with E-state index in [9.17, 15) is 19.2 Å². The summed E-state index contributed by atoms with van der Waals surface area (Å²) in [5.41, 5.74) is 7.74. The minimum Gasteiger partial charge on any atom is -0.496 e. The van der Waals surface area contributed by atoms with E-state index < -0.39 is 0 Å². The number of H-pyrrole nitrogens is 1. The summed E-state index contributed by atoms with van der Waals surface area (Å²) in [6.07, 6.45) is 18.6. The van der Waals surface area contributed by atoms with Gasteiger partial charge in [-0.1, -0.05) is 36.4 Å². The van der Waals surface area contributed by atoms with Gasteiger partial charge in [0.1, 0.15) is 54.3 Å². The van der Waals surface area contributed by atoms with E-state index in [1.807, 2.05) is 72.9 Å². The molecule has 8 rings (SSSR count). The summed E-state index contributed by atoms with van der Waals surface area (Å²) in [5.74, 6) is 1.85. The second kappa shape index (κ2) is 25.6. The SMILES string of the molecule is COc1cc(OCc2ccccn2)ccc1/C=C/C(=O)CC(=O)/C=C/c1ccc(OCc2ccc(-c3ccc(COc4ccc(/C=C/C(=O)CC(=O)/C=C/c5ccc6cc[nH]c6c5)c(OC)c4)nc3)cn2)cc1OC. The largest absolute Gasteiger partial charge is 0.496 e. The smallest absolute Gasteiger partial charge is 0.163 e. The average Bonchev–Trinajstić information content (AvgIpc) is 3.92. The molecule has 0 aliphatic rings. The van der Waals surface area contributed by atoms with Crippen molar-refractivity contribution in [1.29, 1.82) is 0 Å². The van der Waals surface area contributed by atoms with E-state index in [1.165, 1.54) is 45.6 Å². The van der Waals surface area contributed by atoms with Gasteiger partial charge in [-0.05, 0) is 126 Å². The third kappa shape index (κ3) is 14.9. The minimum absolute atomic E-state index is 0.198. The quantitative estimate of drug-likeness (QED) is 0.0423. The van der Waals surface area contributed by atoms with E-state index in [2.05, 4.69) is 19.9 Å². The minimum atomic E-state index is -0.367. The van der Waals surface area contributed by atoms with Crippen LogP contribution in [0.4, 0.5) is 0 Å². The Balaban J connectivity index is 0.763. The Morgan fingerprint density at radius 1 is 0.467 bits per heavy atom. The fraction of sp³-hybridized carbons (Fsp3) is 0.131. The van der Waals surface area contributed by atoms with Gasteiger partial charge in [0.2, 0.25) is 0 Å². The fourth-order valence-corrected chi connectivity index (χ4v) is 7.56. The second-order valence-electron chi connectivity index (χ2n) is 16.9. The first-order valence-electron chi connectivity index (χ1n) is 23.7. The molecule has 0 radical (unpaired) electrons. The lowest BCUT2D eigenvalue weighted by Gasteiger charge is -2.11. The van der Waals surface area contributed by atoms with Gasteiger partial charge in [0.25, 0.3) is 0 Å². The van der Waals surface area contributed by atoms with Crippen LogP contribution in [0.15, 0.2) is 170 Å². The summed E-state index contributed by atoms with van der Waals surface area (Å²) in [5, 5.41) is 1.08. The zero-order chi connectivity index (χ0) is 52.4. The number of nitrogens with one attached hydrogen (secondary N) is 1. The number of ether oxygens (including phenoxy) is 6. The van der Waals surface area contributed by atoms with E-state index in [4.69, 9.17) is 28.4 Å². The van der Waals surface area contributed by atoms with Crippen molar-refractivity contribution >= 4 is 58.3 Å². The Morgan fingerprint density at radius 3 is 1.33 bits per heavy atom. The number of hydrogen-bond donors (Lipinski definition) is 1. The highest BCUT2D eigenvalue weighted by Crippen LogP contribution is 2.30. The molecule has 0 fully saturated rings. The van der Waals surface area contributed by atoms with E-state index in [1.54, 1.807) is 97.5 Å². The summed E-state index contributed by atoms with van der Waals surface area (Å²) in [4.78, 5) is 67.1. The molecule has 376 valence electrons. The molecule has 4 aromatic heterocycles. The third-order valence-electron chi connectivity index (χ3n) is 11.6. The van der Waals surface area contributed by atoms with Crippen LogP contribution >= 0.6 is 0 Å². The molecular formula is C61H52N4O10. The molecule has 0 bridgehead atoms. The van der Waals surface area contributed by atoms with Gasteiger partial charge in [-0.3, -0.25) is 34.1 Å². The van der Waals surface area contributed by atoms with Crippen molar-refractivity contribution in [2.45, 2.75) is 32.7 Å². The Hall–Kier alpha value is -9.69. The van der Waals surface area contributed by atoms with Crippen LogP contribution in [0.5, 0.6) is 34.5 Å². The van der Waals surface area contributed by atoms with Gasteiger partial charge >= 0.3 is 0 Å². The third-order valence-corrected chi connectivity index (χ3v) is 11.6. The second-order valence-corrected chi connectivity index (χ2v) is 16.9. The van der Waals surface area contributed by atoms with Crippen LogP contribution in [-0.4, -0.2) is 64.4 Å². The molecule has 0 unspecified atom stereocenters. The number of ketones is 4. The monoisotopic (exact) mass is 1000 g/mol. The van der Waals surface area contributed by atoms with Crippen LogP contribution in [0.25, 0.3) is 46.3 Å². The van der Waals surface area contributed by atoms with Gasteiger partial charge in [-0.25, -0.2) is 0 Å². The maximum absolute atomic E-state index is 12.8. The fourth-order valence-electron chi connectivity index (χ4n) is 7.56. The molecule has 0 aliphatic carbocycles. The summed E-state index contributed by atoms with van der Waals surface area (Å²) in [7, 11) is 4.59. The van der Waals surface area contributed by atoms with Gasteiger partial charge in [-0.2, -0.15) is 0 Å². The number of hydrogen-bond acceptors (Lipinski definition) is 13. The zero-order valence-corrected chi connectivity index (χ0v) is 41.4. The maximum atomic E-state index is 12.8. The first-order chi connectivity index (χ1) is 36.6. The molecule has 0 saturated carbocycles. The van der Waals surface area contributed by atoms with Crippen molar-refractivity contribution in [1.82, 2.24) is 19.9 Å². The highest BCUT2D eigenvalue weighted by atomic mass is 16.5. The zero-order valence-electron chi connectivity index (χ0n) is 41.4. The Morgan fingerprint density at radius 2 is 0.920 bits per heavy atom. The van der Waals surface area contributed by atoms with Gasteiger partial charge in [0, 0.05) is 76.3 Å². The number of aromatic nitrogens is 4. The van der Waals surface area contributed by atoms with Crippen LogP contribution < -0.4 is 28.4 Å². The van der Waals surface area contributed by atoms with Gasteiger partial charge in [0.15, 0.2) is 23.1 Å². The lowest BCUT2D eigenvalue weighted by Crippen LogP contribution is -2.02. The summed E-state index contributed by atoms with van der Waals surface area (Å²) >= 11 is 0. The van der Waals surface area contributed by atoms with Crippen molar-refractivity contribution in [3.05, 3.63) is 210 Å². The van der Waals surface area contributed by atoms with Gasteiger partial charge in [0.05, 0.1) is 51.3 Å². The first-order valence-corrected chi connectivity index (χ1v) is 23.7. The number of nitrogens with zero attached hydrogens (tertiary/aromatic N) is 3. The molecule has 1 N–H and O–H groups in total. The molecule has 0 saturated heterocycles. The Bertz CT molecular complexity index is 3420. The lowest BCUT2D eigenvalue weighted by molar-refractivity contribution is -0.123. The average molecular weight is 1000 g/mol. The molecule has 0 aliphatic heterocycles. The first kappa shape index (κ1) is 51.7. The van der Waals surface area contributed by atoms with E-state index in [0.717, 1.165) is 33.3 Å². The predicted molar refractivity (Wildman–Crippen MR) is 287 cm³/mol. The number of benzene rings is 4. The summed E-state index contributed by atoms with van der Waals surface area (Å²) in [6, 6.07) is 36.9. The van der Waals surface area contributed by atoms with Gasteiger partial charge in [-0.15, -0.1) is 0 Å². The number of methoxy groups -OCH3 is 3. The highest BCUT2D eigenvalue weighted by Gasteiger charge is 2.12. The van der Waals surface area contributed by atoms with Crippen molar-refractivity contribution in [2.24, 2.45) is 0 Å². The van der Waals surface area contributed by atoms with Crippen molar-refractivity contribution in [2.75, 3.05) is 21.3 Å². The van der Waals surface area contributed by atoms with E-state index >= 15 is 0 Å². The van der Waals surface area contributed by atoms with Crippen LogP contribution in [0.2, 0.25) is 0 Å². The van der Waals surface area contributed by atoms with Crippen LogP contribution in [-0.2, 0) is 39.0 Å². The topological polar surface area (TPSA) is 178 Å². The van der Waals surface area contributed by atoms with Crippen molar-refractivity contribution in [3.63, 3.8) is 0 Å². The van der Waals surface area contributed by atoms with Crippen molar-refractivity contribution < 1.29 is 47.6 Å². The molecule has 0 spiro atoms. The summed E-state index contributed by atoms with van der Waals surface area (Å²) in [6.45, 7) is 0.705. The van der Waals surface area contributed by atoms with Crippen LogP contribution in [0.3, 0.4) is 0 Å². The van der Waals surface area contributed by atoms with E-state index in [-0.39, 0.29) is 49.2 Å². The molecular weight excluding hydrogens is 949 g/mol. The molecule has 0 amide bonds. The van der Waals surface area contributed by atoms with Crippen LogP contribution in [0.1, 0.15) is 52.2 Å². The lowest BCUT2D eigenvalue weighted by atomic mass is 10.1. The number of pyridine rings is 3. The Labute approximate surface area is 433 Å². The van der Waals surface area contributed by atoms with E-state index in [0.29, 0.717) is 69.2 Å². The molecule has 8 aromatic rings. The van der Waals surface area contributed by atoms with Gasteiger partial charge < -0.3 is 33.4 Å². The number of fused-ring (bicyclic) bond motifs is 1. The number of rotatable bonds is 25. The highest BCUT2D eigenvalue weighted by molar-refractivity contribution is 6.12. The molecule has 4 aromatic carbocycles. The molecule has 14 heteroatoms. The van der Waals surface area contributed by atoms with Crippen molar-refractivity contribution in [3.8, 4) is 45.6 Å². The van der Waals surface area contributed by atoms with Crippen LogP contribution in [0, 0.1) is 0 Å². The molecule has 14 nitrogen and oxygen atoms in total. The molecule has 4 heterocycles. The number of allylic oxidation sites excluding steroid dienone is 4. The normalized spacial score (nSPS) is 11.4. The molecule has 0 atom stereocenters. The predicted octanol–water partition coefficient (Wildman–Crippen LogP) is 11.3. The Kier molecular flexibility index (Phi) is 17.6. The number of carbonyl (C=O) groups excluding carboxylic acids is 4. The summed E-state index contributed by atoms with van der Waals surface area (Å²) < 4.78 is 34.5. The number of carbonyl (C=O) groups is 4. The standard InChI is InChI=1S/C61H52N4O10/c1-70-59-33-55(73-38-48-6-4-5-28-62-48)24-15-44(59)13-22-53(68)32-54(69)23-14-45-17-26-57(35-61(45)72-3)75-40-50-19-11-47(37-65-50)46-10-18-49(64-36-46)39-74-56-25-16-43(60(34-56)71-2)12-21-52(67)31-51(66)20-8-41-7-9-42-27-29-63-58(42)30-41/h4-30,33-37,63H,31-32,38-40H2,1-3H3/b20-8+,21-12+,22-13+,23-14+.